The molecule has 9 nitrogen and oxygen atoms in total. The van der Waals surface area contributed by atoms with Crippen LogP contribution in [0.3, 0.4) is 0 Å². The van der Waals surface area contributed by atoms with Crippen molar-refractivity contribution in [2.75, 3.05) is 31.0 Å². The van der Waals surface area contributed by atoms with Crippen molar-refractivity contribution >= 4 is 33.1 Å². The lowest BCUT2D eigenvalue weighted by molar-refractivity contribution is -0.133. The summed E-state index contributed by atoms with van der Waals surface area (Å²) < 4.78 is 33.8. The molecule has 2 aliphatic rings. The molecule has 146 valence electrons. The Morgan fingerprint density at radius 3 is 2.67 bits per heavy atom. The van der Waals surface area contributed by atoms with Crippen LogP contribution in [0.1, 0.15) is 19.3 Å². The number of hydrazone groups is 1. The quantitative estimate of drug-likeness (QED) is 0.789. The molecule has 0 spiro atoms. The highest BCUT2D eigenvalue weighted by molar-refractivity contribution is 7.91. The van der Waals surface area contributed by atoms with Crippen molar-refractivity contribution < 1.29 is 27.5 Å². The molecule has 2 amide bonds. The van der Waals surface area contributed by atoms with Crippen LogP contribution in [0.4, 0.5) is 5.69 Å². The second kappa shape index (κ2) is 7.55. The third kappa shape index (κ3) is 4.21. The molecule has 1 atom stereocenters. The van der Waals surface area contributed by atoms with Crippen molar-refractivity contribution in [1.82, 2.24) is 5.01 Å². The predicted molar refractivity (Wildman–Crippen MR) is 98.7 cm³/mol. The molecular formula is C17H21N3O6S. The summed E-state index contributed by atoms with van der Waals surface area (Å²) in [6, 6.07) is 4.47. The summed E-state index contributed by atoms with van der Waals surface area (Å²) in [5.41, 5.74) is 0.584. The van der Waals surface area contributed by atoms with Crippen molar-refractivity contribution in [2.24, 2.45) is 5.10 Å². The molecule has 1 aromatic carbocycles. The number of amides is 2. The van der Waals surface area contributed by atoms with E-state index in [-0.39, 0.29) is 36.0 Å². The van der Waals surface area contributed by atoms with Gasteiger partial charge in [0.15, 0.2) is 9.84 Å². The second-order valence-corrected chi connectivity index (χ2v) is 8.59. The fourth-order valence-electron chi connectivity index (χ4n) is 3.09. The zero-order valence-corrected chi connectivity index (χ0v) is 15.9. The Kier molecular flexibility index (Phi) is 5.36. The average Bonchev–Trinajstić information content (AvgIpc) is 3.01. The summed E-state index contributed by atoms with van der Waals surface area (Å²) in [5.74, 6) is 0.160. The van der Waals surface area contributed by atoms with Crippen molar-refractivity contribution in [2.45, 2.75) is 25.3 Å². The van der Waals surface area contributed by atoms with Crippen LogP contribution in [0.15, 0.2) is 23.3 Å². The van der Waals surface area contributed by atoms with E-state index in [1.54, 1.807) is 18.2 Å². The van der Waals surface area contributed by atoms with Gasteiger partial charge < -0.3 is 14.8 Å². The Morgan fingerprint density at radius 1 is 1.26 bits per heavy atom. The van der Waals surface area contributed by atoms with Crippen LogP contribution in [-0.2, 0) is 19.4 Å². The topological polar surface area (TPSA) is 114 Å². The van der Waals surface area contributed by atoms with Gasteiger partial charge in [0.25, 0.3) is 5.91 Å². The predicted octanol–water partition coefficient (Wildman–Crippen LogP) is 0.808. The molecule has 1 unspecified atom stereocenters. The van der Waals surface area contributed by atoms with Crippen LogP contribution in [-0.4, -0.2) is 62.7 Å². The maximum Gasteiger partial charge on any atom is 0.271 e. The first-order chi connectivity index (χ1) is 12.8. The molecule has 0 aliphatic carbocycles. The van der Waals surface area contributed by atoms with Gasteiger partial charge in [-0.05, 0) is 18.6 Å². The first-order valence-corrected chi connectivity index (χ1v) is 10.3. The lowest BCUT2D eigenvalue weighted by Gasteiger charge is -2.27. The maximum absolute atomic E-state index is 12.6. The molecule has 1 saturated heterocycles. The Labute approximate surface area is 157 Å². The fourth-order valence-corrected chi connectivity index (χ4v) is 4.79. The van der Waals surface area contributed by atoms with Crippen molar-refractivity contribution in [3.8, 4) is 11.5 Å². The molecule has 0 radical (unpaired) electrons. The van der Waals surface area contributed by atoms with Crippen LogP contribution >= 0.6 is 0 Å². The van der Waals surface area contributed by atoms with E-state index in [9.17, 15) is 18.0 Å². The third-order valence-corrected chi connectivity index (χ3v) is 6.28. The highest BCUT2D eigenvalue weighted by Crippen LogP contribution is 2.29. The lowest BCUT2D eigenvalue weighted by Crippen LogP contribution is -2.42. The Bertz CT molecular complexity index is 896. The number of ether oxygens (including phenoxy) is 2. The first-order valence-electron chi connectivity index (χ1n) is 8.46. The van der Waals surface area contributed by atoms with Gasteiger partial charge in [0.1, 0.15) is 17.2 Å². The molecule has 1 aromatic rings. The monoisotopic (exact) mass is 395 g/mol. The molecule has 0 saturated carbocycles. The zero-order chi connectivity index (χ0) is 19.6. The van der Waals surface area contributed by atoms with E-state index in [2.05, 4.69) is 10.4 Å². The van der Waals surface area contributed by atoms with E-state index < -0.39 is 21.8 Å². The van der Waals surface area contributed by atoms with E-state index in [1.165, 1.54) is 14.2 Å². The average molecular weight is 395 g/mol. The minimum Gasteiger partial charge on any atom is -0.497 e. The summed E-state index contributed by atoms with van der Waals surface area (Å²) in [5, 5.41) is 8.03. The van der Waals surface area contributed by atoms with Gasteiger partial charge in [-0.15, -0.1) is 0 Å². The number of carbonyl (C=O) groups is 2. The highest BCUT2D eigenvalue weighted by atomic mass is 32.2. The van der Waals surface area contributed by atoms with Crippen LogP contribution in [0, 0.1) is 0 Å². The minimum atomic E-state index is -3.17. The van der Waals surface area contributed by atoms with Gasteiger partial charge in [-0.3, -0.25) is 9.59 Å². The maximum atomic E-state index is 12.6. The summed E-state index contributed by atoms with van der Waals surface area (Å²) >= 11 is 0. The van der Waals surface area contributed by atoms with Crippen molar-refractivity contribution in [1.29, 1.82) is 0 Å². The highest BCUT2D eigenvalue weighted by Gasteiger charge is 2.37. The molecule has 27 heavy (non-hydrogen) atoms. The number of rotatable bonds is 5. The number of nitrogens with one attached hydrogen (secondary N) is 1. The largest absolute Gasteiger partial charge is 0.497 e. The lowest BCUT2D eigenvalue weighted by atomic mass is 10.1. The van der Waals surface area contributed by atoms with Gasteiger partial charge in [-0.1, -0.05) is 0 Å². The van der Waals surface area contributed by atoms with Gasteiger partial charge in [0.2, 0.25) is 5.91 Å². The van der Waals surface area contributed by atoms with Crippen LogP contribution in [0.25, 0.3) is 0 Å². The molecule has 1 N–H and O–H groups in total. The van der Waals surface area contributed by atoms with E-state index in [0.717, 1.165) is 5.01 Å². The Morgan fingerprint density at radius 2 is 2.04 bits per heavy atom. The molecule has 3 rings (SSSR count). The number of sulfone groups is 1. The Hall–Kier alpha value is -2.62. The fraction of sp³-hybridized carbons (Fsp3) is 0.471. The van der Waals surface area contributed by atoms with Gasteiger partial charge >= 0.3 is 0 Å². The van der Waals surface area contributed by atoms with E-state index >= 15 is 0 Å². The van der Waals surface area contributed by atoms with Gasteiger partial charge in [-0.25, -0.2) is 13.4 Å². The second-order valence-electron chi connectivity index (χ2n) is 6.36. The number of benzene rings is 1. The molecule has 2 aliphatic heterocycles. The van der Waals surface area contributed by atoms with Crippen LogP contribution in [0.5, 0.6) is 11.5 Å². The third-order valence-electron chi connectivity index (χ3n) is 4.53. The summed E-state index contributed by atoms with van der Waals surface area (Å²) in [7, 11) is -0.171. The molecule has 1 fully saturated rings. The number of carbonyl (C=O) groups excluding carboxylic acids is 2. The number of nitrogens with zero attached hydrogens (tertiary/aromatic N) is 2. The van der Waals surface area contributed by atoms with E-state index in [1.807, 2.05) is 0 Å². The van der Waals surface area contributed by atoms with Crippen LogP contribution < -0.4 is 14.8 Å². The zero-order valence-electron chi connectivity index (χ0n) is 15.1. The standard InChI is InChI=1S/C17H21N3O6S/c1-25-12-3-5-15(26-2)14(9-12)18-17(22)13-4-6-16(21)20(19-13)11-7-8-27(23,24)10-11/h3,5,9,11H,4,6-8,10H2,1-2H3,(H,18,22). The SMILES string of the molecule is COc1ccc(OC)c(NC(=O)C2=NN(C3CCS(=O)(=O)C3)C(=O)CC2)c1. The molecule has 0 bridgehead atoms. The van der Waals surface area contributed by atoms with Crippen LogP contribution in [0.2, 0.25) is 0 Å². The number of hydrogen-bond donors (Lipinski definition) is 1. The van der Waals surface area contributed by atoms with Gasteiger partial charge in [-0.2, -0.15) is 5.10 Å². The molecular weight excluding hydrogens is 374 g/mol. The van der Waals surface area contributed by atoms with Gasteiger partial charge in [0, 0.05) is 18.9 Å². The normalized spacial score (nSPS) is 21.6. The van der Waals surface area contributed by atoms with E-state index in [0.29, 0.717) is 23.6 Å². The molecule has 0 aromatic heterocycles. The summed E-state index contributed by atoms with van der Waals surface area (Å²) in [4.78, 5) is 24.8. The van der Waals surface area contributed by atoms with Gasteiger partial charge in [0.05, 0.1) is 37.5 Å². The number of methoxy groups -OCH3 is 2. The molecule has 2 heterocycles. The first kappa shape index (κ1) is 19.2. The van der Waals surface area contributed by atoms with Crippen molar-refractivity contribution in [3.63, 3.8) is 0 Å². The summed E-state index contributed by atoms with van der Waals surface area (Å²) in [6.07, 6.45) is 0.626. The van der Waals surface area contributed by atoms with Crippen molar-refractivity contribution in [3.05, 3.63) is 18.2 Å². The smallest absolute Gasteiger partial charge is 0.271 e. The molecule has 10 heteroatoms. The minimum absolute atomic E-state index is 0.0273. The number of hydrogen-bond acceptors (Lipinski definition) is 7. The number of anilines is 1. The summed E-state index contributed by atoms with van der Waals surface area (Å²) in [6.45, 7) is 0. The Balaban J connectivity index is 1.80. The van der Waals surface area contributed by atoms with E-state index in [4.69, 9.17) is 9.47 Å².